The van der Waals surface area contributed by atoms with Crippen molar-refractivity contribution in [2.75, 3.05) is 5.32 Å². The number of imidazole rings is 1. The van der Waals surface area contributed by atoms with Gasteiger partial charge in [0, 0.05) is 36.1 Å². The highest BCUT2D eigenvalue weighted by molar-refractivity contribution is 5.94. The van der Waals surface area contributed by atoms with Crippen LogP contribution >= 0.6 is 0 Å². The molecule has 0 radical (unpaired) electrons. The molecule has 0 saturated heterocycles. The summed E-state index contributed by atoms with van der Waals surface area (Å²) in [6.07, 6.45) is 7.03. The molecule has 10 heteroatoms. The number of H-pyrrole nitrogens is 2. The normalized spacial score (nSPS) is 11.2. The van der Waals surface area contributed by atoms with Gasteiger partial charge < -0.3 is 10.3 Å². The van der Waals surface area contributed by atoms with E-state index in [2.05, 4.69) is 46.5 Å². The van der Waals surface area contributed by atoms with Crippen LogP contribution in [0.1, 0.15) is 25.8 Å². The zero-order chi connectivity index (χ0) is 22.9. The Balaban J connectivity index is 1.53. The predicted molar refractivity (Wildman–Crippen MR) is 123 cm³/mol. The number of amides is 1. The van der Waals surface area contributed by atoms with Crippen molar-refractivity contribution in [1.29, 1.82) is 5.26 Å². The van der Waals surface area contributed by atoms with Crippen LogP contribution in [0.25, 0.3) is 44.8 Å². The molecule has 5 aromatic heterocycles. The van der Waals surface area contributed by atoms with Crippen LogP contribution < -0.4 is 5.32 Å². The quantitative estimate of drug-likeness (QED) is 0.378. The topological polar surface area (TPSA) is 149 Å². The Kier molecular flexibility index (Phi) is 4.99. The fourth-order valence-electron chi connectivity index (χ4n) is 3.61. The molecule has 0 aliphatic heterocycles. The second-order valence-electron chi connectivity index (χ2n) is 8.06. The fourth-order valence-corrected chi connectivity index (χ4v) is 3.61. The number of aromatic amines is 2. The summed E-state index contributed by atoms with van der Waals surface area (Å²) in [6, 6.07) is 7.57. The van der Waals surface area contributed by atoms with Crippen LogP contribution in [0.3, 0.4) is 0 Å². The van der Waals surface area contributed by atoms with Crippen LogP contribution in [0.15, 0.2) is 43.0 Å². The van der Waals surface area contributed by atoms with E-state index < -0.39 is 0 Å². The van der Waals surface area contributed by atoms with Crippen LogP contribution in [-0.4, -0.2) is 41.0 Å². The van der Waals surface area contributed by atoms with E-state index in [4.69, 9.17) is 0 Å². The van der Waals surface area contributed by atoms with Crippen LogP contribution in [0.4, 0.5) is 5.69 Å². The number of carbonyl (C=O) groups excluding carboxylic acids is 1. The van der Waals surface area contributed by atoms with E-state index in [1.807, 2.05) is 26.0 Å². The summed E-state index contributed by atoms with van der Waals surface area (Å²) >= 11 is 0. The van der Waals surface area contributed by atoms with Gasteiger partial charge in [0.25, 0.3) is 0 Å². The maximum Gasteiger partial charge on any atom is 0.224 e. The number of nitrogens with one attached hydrogen (secondary N) is 3. The van der Waals surface area contributed by atoms with Gasteiger partial charge in [-0.15, -0.1) is 0 Å². The summed E-state index contributed by atoms with van der Waals surface area (Å²) in [5.74, 6) is 0.726. The number of hydrogen-bond acceptors (Lipinski definition) is 7. The molecule has 0 saturated carbocycles. The Morgan fingerprint density at radius 2 is 2.00 bits per heavy atom. The Labute approximate surface area is 188 Å². The molecule has 0 aliphatic rings. The number of nitriles is 1. The molecule has 10 nitrogen and oxygen atoms in total. The minimum Gasteiger partial charge on any atom is -0.334 e. The predicted octanol–water partition coefficient (Wildman–Crippen LogP) is 3.81. The van der Waals surface area contributed by atoms with E-state index in [1.54, 1.807) is 30.9 Å². The third-order valence-electron chi connectivity index (χ3n) is 5.11. The Hall–Kier alpha value is -4.65. The van der Waals surface area contributed by atoms with Crippen molar-refractivity contribution >= 4 is 33.8 Å². The van der Waals surface area contributed by atoms with Crippen molar-refractivity contribution in [2.24, 2.45) is 5.92 Å². The number of anilines is 1. The van der Waals surface area contributed by atoms with Gasteiger partial charge >= 0.3 is 0 Å². The molecule has 0 fully saturated rings. The molecule has 162 valence electrons. The summed E-state index contributed by atoms with van der Waals surface area (Å²) in [5.41, 5.74) is 4.87. The lowest BCUT2D eigenvalue weighted by Gasteiger charge is -2.08. The standard InChI is InChI=1S/C23H19N9O/c1-12(2)5-18(33)28-16-6-14(9-25-11-16)15-7-17-20(31-32-21(17)27-10-15)23-29-19-13(8-24)3-4-26-22(19)30-23/h3-4,6-7,9-12H,5H2,1-2H3,(H,28,33)(H,26,29,30)(H,27,31,32). The lowest BCUT2D eigenvalue weighted by atomic mass is 10.1. The van der Waals surface area contributed by atoms with Gasteiger partial charge in [0.1, 0.15) is 17.3 Å². The summed E-state index contributed by atoms with van der Waals surface area (Å²) in [4.78, 5) is 32.8. The number of nitrogens with zero attached hydrogens (tertiary/aromatic N) is 6. The highest BCUT2D eigenvalue weighted by Crippen LogP contribution is 2.29. The Morgan fingerprint density at radius 1 is 1.15 bits per heavy atom. The van der Waals surface area contributed by atoms with E-state index in [1.165, 1.54) is 0 Å². The van der Waals surface area contributed by atoms with Gasteiger partial charge in [0.05, 0.1) is 22.8 Å². The van der Waals surface area contributed by atoms with Crippen LogP contribution in [0, 0.1) is 17.2 Å². The third-order valence-corrected chi connectivity index (χ3v) is 5.11. The molecule has 0 aliphatic carbocycles. The van der Waals surface area contributed by atoms with Crippen LogP contribution in [-0.2, 0) is 4.79 Å². The molecule has 0 atom stereocenters. The molecular formula is C23H19N9O. The van der Waals surface area contributed by atoms with Gasteiger partial charge in [-0.25, -0.2) is 15.0 Å². The summed E-state index contributed by atoms with van der Waals surface area (Å²) < 4.78 is 0. The molecule has 0 aromatic carbocycles. The highest BCUT2D eigenvalue weighted by atomic mass is 16.1. The molecule has 0 spiro atoms. The van der Waals surface area contributed by atoms with Gasteiger partial charge in [-0.3, -0.25) is 14.9 Å². The minimum absolute atomic E-state index is 0.0510. The van der Waals surface area contributed by atoms with Crippen molar-refractivity contribution in [1.82, 2.24) is 35.1 Å². The largest absolute Gasteiger partial charge is 0.334 e. The minimum atomic E-state index is -0.0510. The first-order valence-corrected chi connectivity index (χ1v) is 10.4. The Morgan fingerprint density at radius 3 is 2.82 bits per heavy atom. The zero-order valence-electron chi connectivity index (χ0n) is 17.9. The maximum atomic E-state index is 12.1. The number of hydrogen-bond donors (Lipinski definition) is 3. The number of rotatable bonds is 5. The van der Waals surface area contributed by atoms with Crippen molar-refractivity contribution in [3.8, 4) is 28.7 Å². The van der Waals surface area contributed by atoms with Crippen molar-refractivity contribution < 1.29 is 4.79 Å². The zero-order valence-corrected chi connectivity index (χ0v) is 17.9. The van der Waals surface area contributed by atoms with E-state index >= 15 is 0 Å². The maximum absolute atomic E-state index is 12.1. The molecule has 5 heterocycles. The van der Waals surface area contributed by atoms with E-state index in [0.717, 1.165) is 16.5 Å². The molecular weight excluding hydrogens is 418 g/mol. The van der Waals surface area contributed by atoms with Crippen LogP contribution in [0.2, 0.25) is 0 Å². The summed E-state index contributed by atoms with van der Waals surface area (Å²) in [7, 11) is 0. The lowest BCUT2D eigenvalue weighted by molar-refractivity contribution is -0.116. The second-order valence-corrected chi connectivity index (χ2v) is 8.06. The summed E-state index contributed by atoms with van der Waals surface area (Å²) in [5, 5.41) is 20.2. The summed E-state index contributed by atoms with van der Waals surface area (Å²) in [6.45, 7) is 3.99. The lowest BCUT2D eigenvalue weighted by Crippen LogP contribution is -2.13. The molecule has 0 bridgehead atoms. The number of carbonyl (C=O) groups is 1. The van der Waals surface area contributed by atoms with E-state index in [9.17, 15) is 10.1 Å². The van der Waals surface area contributed by atoms with Gasteiger partial charge in [-0.1, -0.05) is 13.8 Å². The first kappa shape index (κ1) is 20.3. The fraction of sp³-hybridized carbons (Fsp3) is 0.174. The van der Waals surface area contributed by atoms with E-state index in [-0.39, 0.29) is 11.8 Å². The van der Waals surface area contributed by atoms with Gasteiger partial charge in [0.15, 0.2) is 17.1 Å². The SMILES string of the molecule is CC(C)CC(=O)Nc1cncc(-c2cnc3n[nH]c(-c4nc5nccc(C#N)c5[nH]4)c3c2)c1. The second kappa shape index (κ2) is 8.12. The first-order valence-electron chi connectivity index (χ1n) is 10.4. The molecule has 5 aromatic rings. The van der Waals surface area contributed by atoms with Gasteiger partial charge in [0.2, 0.25) is 5.91 Å². The molecule has 1 amide bonds. The number of aromatic nitrogens is 7. The smallest absolute Gasteiger partial charge is 0.224 e. The van der Waals surface area contributed by atoms with Crippen molar-refractivity contribution in [3.63, 3.8) is 0 Å². The first-order chi connectivity index (χ1) is 16.0. The third kappa shape index (κ3) is 3.87. The van der Waals surface area contributed by atoms with Crippen molar-refractivity contribution in [3.05, 3.63) is 48.5 Å². The highest BCUT2D eigenvalue weighted by Gasteiger charge is 2.16. The van der Waals surface area contributed by atoms with Gasteiger partial charge in [-0.2, -0.15) is 10.4 Å². The Bertz CT molecular complexity index is 1540. The average molecular weight is 437 g/mol. The molecule has 3 N–H and O–H groups in total. The van der Waals surface area contributed by atoms with E-state index in [0.29, 0.717) is 46.0 Å². The van der Waals surface area contributed by atoms with Gasteiger partial charge in [-0.05, 0) is 24.1 Å². The van der Waals surface area contributed by atoms with Crippen LogP contribution in [0.5, 0.6) is 0 Å². The molecule has 5 rings (SSSR count). The molecule has 33 heavy (non-hydrogen) atoms. The number of fused-ring (bicyclic) bond motifs is 2. The molecule has 0 unspecified atom stereocenters. The van der Waals surface area contributed by atoms with Crippen molar-refractivity contribution in [2.45, 2.75) is 20.3 Å². The monoisotopic (exact) mass is 437 g/mol. The average Bonchev–Trinajstić information content (AvgIpc) is 3.41. The number of pyridine rings is 3.